The number of hydrogen-bond acceptors (Lipinski definition) is 2. The largest absolute Gasteiger partial charge is 0.481 e. The van der Waals surface area contributed by atoms with E-state index in [2.05, 4.69) is 5.32 Å². The monoisotopic (exact) mass is 303 g/mol. The Morgan fingerprint density at radius 2 is 1.89 bits per heavy atom. The molecule has 0 fully saturated rings. The van der Waals surface area contributed by atoms with Crippen molar-refractivity contribution in [3.63, 3.8) is 0 Å². The predicted octanol–water partition coefficient (Wildman–Crippen LogP) is 3.22. The summed E-state index contributed by atoms with van der Waals surface area (Å²) < 4.78 is 0. The highest BCUT2D eigenvalue weighted by atomic mass is 35.5. The van der Waals surface area contributed by atoms with Crippen LogP contribution < -0.4 is 5.32 Å². The van der Waals surface area contributed by atoms with E-state index in [0.717, 1.165) is 0 Å². The summed E-state index contributed by atoms with van der Waals surface area (Å²) in [5.74, 6) is -1.20. The summed E-state index contributed by atoms with van der Waals surface area (Å²) >= 11 is 11.6. The highest BCUT2D eigenvalue weighted by Gasteiger charge is 2.26. The predicted molar refractivity (Wildman–Crippen MR) is 74.8 cm³/mol. The Kier molecular flexibility index (Phi) is 5.20. The first-order valence-electron chi connectivity index (χ1n) is 5.70. The quantitative estimate of drug-likeness (QED) is 0.877. The summed E-state index contributed by atoms with van der Waals surface area (Å²) in [4.78, 5) is 22.7. The number of aliphatic carboxylic acids is 1. The lowest BCUT2D eigenvalue weighted by atomic mass is 9.90. The molecule has 6 heteroatoms. The van der Waals surface area contributed by atoms with Gasteiger partial charge in [0, 0.05) is 12.1 Å². The van der Waals surface area contributed by atoms with Crippen LogP contribution in [-0.2, 0) is 4.79 Å². The molecule has 19 heavy (non-hydrogen) atoms. The maximum atomic E-state index is 11.8. The molecule has 0 aliphatic rings. The molecule has 0 radical (unpaired) electrons. The van der Waals surface area contributed by atoms with Gasteiger partial charge in [0.25, 0.3) is 5.91 Å². The van der Waals surface area contributed by atoms with Gasteiger partial charge in [-0.15, -0.1) is 0 Å². The van der Waals surface area contributed by atoms with Gasteiger partial charge in [0.15, 0.2) is 0 Å². The van der Waals surface area contributed by atoms with Gasteiger partial charge >= 0.3 is 5.97 Å². The molecule has 0 unspecified atom stereocenters. The van der Waals surface area contributed by atoms with Crippen LogP contribution in [0.2, 0.25) is 10.0 Å². The van der Waals surface area contributed by atoms with Crippen molar-refractivity contribution < 1.29 is 14.7 Å². The van der Waals surface area contributed by atoms with Crippen molar-refractivity contribution in [3.8, 4) is 0 Å². The van der Waals surface area contributed by atoms with E-state index in [9.17, 15) is 9.59 Å². The summed E-state index contributed by atoms with van der Waals surface area (Å²) in [6.07, 6.45) is 0.343. The number of halogens is 2. The zero-order valence-electron chi connectivity index (χ0n) is 10.7. The van der Waals surface area contributed by atoms with Gasteiger partial charge in [-0.1, -0.05) is 23.2 Å². The van der Waals surface area contributed by atoms with E-state index in [1.54, 1.807) is 26.0 Å². The number of carbonyl (C=O) groups is 2. The van der Waals surface area contributed by atoms with Crippen molar-refractivity contribution >= 4 is 35.1 Å². The molecule has 1 rings (SSSR count). The number of carboxylic acid groups (broad SMARTS) is 1. The Hall–Kier alpha value is -1.26. The number of rotatable bonds is 5. The smallest absolute Gasteiger partial charge is 0.309 e. The molecule has 0 saturated carbocycles. The minimum atomic E-state index is -0.892. The zero-order chi connectivity index (χ0) is 14.6. The average molecular weight is 304 g/mol. The second-order valence-corrected chi connectivity index (χ2v) is 5.64. The first-order valence-corrected chi connectivity index (χ1v) is 6.46. The molecule has 0 saturated heterocycles. The van der Waals surface area contributed by atoms with Gasteiger partial charge in [0.1, 0.15) is 0 Å². The second-order valence-electron chi connectivity index (χ2n) is 4.82. The minimum absolute atomic E-state index is 0.276. The van der Waals surface area contributed by atoms with E-state index in [1.807, 2.05) is 0 Å². The summed E-state index contributed by atoms with van der Waals surface area (Å²) in [5.41, 5.74) is -0.479. The average Bonchev–Trinajstić information content (AvgIpc) is 2.32. The molecule has 0 atom stereocenters. The van der Waals surface area contributed by atoms with Crippen molar-refractivity contribution in [2.45, 2.75) is 20.3 Å². The van der Waals surface area contributed by atoms with Crippen LogP contribution >= 0.6 is 23.2 Å². The maximum Gasteiger partial charge on any atom is 0.309 e. The summed E-state index contributed by atoms with van der Waals surface area (Å²) in [6, 6.07) is 4.58. The number of benzene rings is 1. The highest BCUT2D eigenvalue weighted by Crippen LogP contribution is 2.23. The molecule has 1 aromatic carbocycles. The second kappa shape index (κ2) is 6.26. The molecule has 0 aromatic heterocycles. The van der Waals surface area contributed by atoms with Crippen LogP contribution in [0.3, 0.4) is 0 Å². The molecule has 0 heterocycles. The van der Waals surface area contributed by atoms with Gasteiger partial charge in [-0.3, -0.25) is 9.59 Å². The van der Waals surface area contributed by atoms with E-state index in [4.69, 9.17) is 28.3 Å². The molecule has 0 bridgehead atoms. The molecule has 2 N–H and O–H groups in total. The van der Waals surface area contributed by atoms with E-state index in [1.165, 1.54) is 6.07 Å². The summed E-state index contributed by atoms with van der Waals surface area (Å²) in [6.45, 7) is 3.50. The number of nitrogens with one attached hydrogen (secondary N) is 1. The van der Waals surface area contributed by atoms with Gasteiger partial charge in [-0.05, 0) is 38.5 Å². The number of hydrogen-bond donors (Lipinski definition) is 2. The van der Waals surface area contributed by atoms with Gasteiger partial charge in [0.05, 0.1) is 15.5 Å². The fraction of sp³-hybridized carbons (Fsp3) is 0.385. The van der Waals surface area contributed by atoms with Crippen molar-refractivity contribution in [2.24, 2.45) is 5.41 Å². The third kappa shape index (κ3) is 4.40. The lowest BCUT2D eigenvalue weighted by molar-refractivity contribution is -0.147. The van der Waals surface area contributed by atoms with Gasteiger partial charge in [-0.25, -0.2) is 0 Å². The lowest BCUT2D eigenvalue weighted by Gasteiger charge is -2.18. The molecule has 4 nitrogen and oxygen atoms in total. The lowest BCUT2D eigenvalue weighted by Crippen LogP contribution is -2.31. The van der Waals surface area contributed by atoms with Gasteiger partial charge < -0.3 is 10.4 Å². The fourth-order valence-corrected chi connectivity index (χ4v) is 1.63. The van der Waals surface area contributed by atoms with E-state index >= 15 is 0 Å². The number of amides is 1. The van der Waals surface area contributed by atoms with Gasteiger partial charge in [0.2, 0.25) is 0 Å². The van der Waals surface area contributed by atoms with E-state index < -0.39 is 11.4 Å². The van der Waals surface area contributed by atoms with Crippen molar-refractivity contribution in [3.05, 3.63) is 33.8 Å². The third-order valence-electron chi connectivity index (χ3n) is 2.80. The fourth-order valence-electron chi connectivity index (χ4n) is 1.33. The number of carboxylic acids is 1. The van der Waals surface area contributed by atoms with Crippen LogP contribution in [0.25, 0.3) is 0 Å². The highest BCUT2D eigenvalue weighted by molar-refractivity contribution is 6.42. The number of carbonyl (C=O) groups excluding carboxylic acids is 1. The molecule has 0 spiro atoms. The van der Waals surface area contributed by atoms with Crippen LogP contribution in [0, 0.1) is 5.41 Å². The van der Waals surface area contributed by atoms with E-state index in [0.29, 0.717) is 22.0 Å². The third-order valence-corrected chi connectivity index (χ3v) is 3.54. The first-order chi connectivity index (χ1) is 8.74. The van der Waals surface area contributed by atoms with Crippen LogP contribution in [0.1, 0.15) is 30.6 Å². The maximum absolute atomic E-state index is 11.8. The summed E-state index contributed by atoms with van der Waals surface area (Å²) in [7, 11) is 0. The molecular formula is C13H15Cl2NO3. The molecular weight excluding hydrogens is 289 g/mol. The Balaban J connectivity index is 2.57. The molecule has 1 aromatic rings. The van der Waals surface area contributed by atoms with Crippen LogP contribution in [0.15, 0.2) is 18.2 Å². The van der Waals surface area contributed by atoms with Crippen molar-refractivity contribution in [1.82, 2.24) is 5.32 Å². The Morgan fingerprint density at radius 3 is 2.42 bits per heavy atom. The SMILES string of the molecule is CC(C)(CCNC(=O)c1ccc(Cl)c(Cl)c1)C(=O)O. The van der Waals surface area contributed by atoms with Crippen LogP contribution in [0.4, 0.5) is 0 Å². The normalized spacial score (nSPS) is 11.2. The zero-order valence-corrected chi connectivity index (χ0v) is 12.2. The molecule has 104 valence electrons. The van der Waals surface area contributed by atoms with Crippen LogP contribution in [0.5, 0.6) is 0 Å². The Bertz CT molecular complexity index is 501. The molecule has 0 aliphatic heterocycles. The Labute approximate surface area is 121 Å². The van der Waals surface area contributed by atoms with Crippen molar-refractivity contribution in [1.29, 1.82) is 0 Å². The standard InChI is InChI=1S/C13H15Cl2NO3/c1-13(2,12(18)19)5-6-16-11(17)8-3-4-9(14)10(15)7-8/h3-4,7H,5-6H2,1-2H3,(H,16,17)(H,18,19). The van der Waals surface area contributed by atoms with Gasteiger partial charge in [-0.2, -0.15) is 0 Å². The van der Waals surface area contributed by atoms with Crippen LogP contribution in [-0.4, -0.2) is 23.5 Å². The summed E-state index contributed by atoms with van der Waals surface area (Å²) in [5, 5.41) is 12.3. The molecule has 1 amide bonds. The van der Waals surface area contributed by atoms with E-state index in [-0.39, 0.29) is 12.5 Å². The Morgan fingerprint density at radius 1 is 1.26 bits per heavy atom. The molecule has 0 aliphatic carbocycles. The van der Waals surface area contributed by atoms with Crippen molar-refractivity contribution in [2.75, 3.05) is 6.54 Å². The topological polar surface area (TPSA) is 66.4 Å². The minimum Gasteiger partial charge on any atom is -0.481 e. The first kappa shape index (κ1) is 15.8.